The summed E-state index contributed by atoms with van der Waals surface area (Å²) in [6, 6.07) is 4.96. The lowest BCUT2D eigenvalue weighted by molar-refractivity contribution is -0.274. The average Bonchev–Trinajstić information content (AvgIpc) is 2.34. The number of halogens is 3. The van der Waals surface area contributed by atoms with Crippen molar-refractivity contribution in [2.75, 3.05) is 14.1 Å². The molecule has 136 valence electrons. The molecule has 0 aliphatic carbocycles. The molecule has 1 amide bonds. The van der Waals surface area contributed by atoms with E-state index < -0.39 is 18.6 Å². The fourth-order valence-corrected chi connectivity index (χ4v) is 2.80. The molecule has 2 N–H and O–H groups in total. The van der Waals surface area contributed by atoms with Gasteiger partial charge < -0.3 is 20.1 Å². The van der Waals surface area contributed by atoms with Crippen molar-refractivity contribution in [2.24, 2.45) is 11.1 Å². The highest BCUT2D eigenvalue weighted by atomic mass is 19.4. The number of likely N-dealkylation sites (N-methyl/N-ethyl adjacent to an activating group) is 1. The first-order valence-electron chi connectivity index (χ1n) is 7.29. The van der Waals surface area contributed by atoms with E-state index in [1.807, 2.05) is 39.8 Å². The molecule has 0 saturated carbocycles. The number of amides is 1. The molecule has 0 aliphatic heterocycles. The fraction of sp³-hybridized carbons (Fsp3) is 0.562. The summed E-state index contributed by atoms with van der Waals surface area (Å²) in [6.07, 6.45) is -6.45. The highest BCUT2D eigenvalue weighted by Crippen LogP contribution is 2.36. The Kier molecular flexibility index (Phi) is 6.10. The minimum atomic E-state index is -4.76. The number of ether oxygens (including phenoxy) is 2. The van der Waals surface area contributed by atoms with Gasteiger partial charge in [-0.05, 0) is 37.2 Å². The Labute approximate surface area is 139 Å². The number of alkyl halides is 3. The maximum atomic E-state index is 12.2. The van der Waals surface area contributed by atoms with Crippen LogP contribution in [0.5, 0.6) is 5.75 Å². The molecule has 1 rings (SSSR count). The van der Waals surface area contributed by atoms with Gasteiger partial charge in [0.05, 0.1) is 6.04 Å². The quantitative estimate of drug-likeness (QED) is 0.881. The monoisotopic (exact) mass is 348 g/mol. The van der Waals surface area contributed by atoms with Crippen molar-refractivity contribution >= 4 is 6.09 Å². The van der Waals surface area contributed by atoms with Crippen LogP contribution in [-0.2, 0) is 4.74 Å². The topological polar surface area (TPSA) is 64.8 Å². The molecule has 24 heavy (non-hydrogen) atoms. The van der Waals surface area contributed by atoms with Crippen molar-refractivity contribution in [1.82, 2.24) is 4.90 Å². The predicted molar refractivity (Wildman–Crippen MR) is 83.5 cm³/mol. The first-order chi connectivity index (χ1) is 10.8. The minimum Gasteiger partial charge on any atom is -0.440 e. The van der Waals surface area contributed by atoms with E-state index in [4.69, 9.17) is 10.5 Å². The molecule has 2 atom stereocenters. The maximum absolute atomic E-state index is 12.2. The number of hydrogen-bond acceptors (Lipinski definition) is 4. The highest BCUT2D eigenvalue weighted by Gasteiger charge is 2.37. The zero-order valence-electron chi connectivity index (χ0n) is 14.3. The smallest absolute Gasteiger partial charge is 0.440 e. The molecule has 0 radical (unpaired) electrons. The first-order valence-corrected chi connectivity index (χ1v) is 7.29. The average molecular weight is 348 g/mol. The molecular weight excluding hydrogens is 325 g/mol. The summed E-state index contributed by atoms with van der Waals surface area (Å²) in [4.78, 5) is 13.2. The lowest BCUT2D eigenvalue weighted by Gasteiger charge is -2.40. The van der Waals surface area contributed by atoms with Crippen LogP contribution in [0.3, 0.4) is 0 Å². The molecule has 1 aromatic rings. The van der Waals surface area contributed by atoms with Gasteiger partial charge >= 0.3 is 12.5 Å². The van der Waals surface area contributed by atoms with Crippen LogP contribution < -0.4 is 10.5 Å². The number of nitrogens with two attached hydrogens (primary N) is 1. The zero-order valence-corrected chi connectivity index (χ0v) is 14.3. The summed E-state index contributed by atoms with van der Waals surface area (Å²) >= 11 is 0. The van der Waals surface area contributed by atoms with Crippen LogP contribution >= 0.6 is 0 Å². The summed E-state index contributed by atoms with van der Waals surface area (Å²) in [5.74, 6) is -0.346. The van der Waals surface area contributed by atoms with Crippen molar-refractivity contribution in [2.45, 2.75) is 39.3 Å². The molecule has 0 aromatic heterocycles. The van der Waals surface area contributed by atoms with Crippen molar-refractivity contribution in [1.29, 1.82) is 0 Å². The Morgan fingerprint density at radius 3 is 1.96 bits per heavy atom. The SMILES string of the molecule is CN(C)C(C(OC(N)=O)c1ccc(OC(F)(F)F)cc1)C(C)(C)C. The molecular formula is C16H23F3N2O3. The van der Waals surface area contributed by atoms with Gasteiger partial charge in [0.2, 0.25) is 0 Å². The summed E-state index contributed by atoms with van der Waals surface area (Å²) in [5.41, 5.74) is 5.41. The third-order valence-electron chi connectivity index (χ3n) is 3.42. The van der Waals surface area contributed by atoms with Gasteiger partial charge in [0, 0.05) is 0 Å². The third-order valence-corrected chi connectivity index (χ3v) is 3.42. The highest BCUT2D eigenvalue weighted by molar-refractivity contribution is 5.65. The number of rotatable bonds is 5. The minimum absolute atomic E-state index is 0.251. The van der Waals surface area contributed by atoms with E-state index in [2.05, 4.69) is 4.74 Å². The van der Waals surface area contributed by atoms with E-state index in [1.165, 1.54) is 24.3 Å². The molecule has 2 unspecified atom stereocenters. The Morgan fingerprint density at radius 1 is 1.12 bits per heavy atom. The molecule has 0 spiro atoms. The molecule has 0 fully saturated rings. The molecule has 1 aromatic carbocycles. The van der Waals surface area contributed by atoms with Crippen molar-refractivity contribution in [3.05, 3.63) is 29.8 Å². The van der Waals surface area contributed by atoms with Gasteiger partial charge in [-0.2, -0.15) is 0 Å². The second-order valence-corrected chi connectivity index (χ2v) is 6.75. The Bertz CT molecular complexity index is 551. The van der Waals surface area contributed by atoms with Crippen molar-refractivity contribution < 1.29 is 27.4 Å². The van der Waals surface area contributed by atoms with Crippen LogP contribution in [0.1, 0.15) is 32.4 Å². The van der Waals surface area contributed by atoms with Crippen LogP contribution in [0.15, 0.2) is 24.3 Å². The lowest BCUT2D eigenvalue weighted by atomic mass is 9.80. The van der Waals surface area contributed by atoms with Gasteiger partial charge in [0.1, 0.15) is 11.9 Å². The van der Waals surface area contributed by atoms with Gasteiger partial charge in [-0.3, -0.25) is 0 Å². The van der Waals surface area contributed by atoms with E-state index in [0.29, 0.717) is 5.56 Å². The van der Waals surface area contributed by atoms with Gasteiger partial charge in [-0.1, -0.05) is 32.9 Å². The van der Waals surface area contributed by atoms with Gasteiger partial charge in [0.15, 0.2) is 0 Å². The Balaban J connectivity index is 3.18. The molecule has 5 nitrogen and oxygen atoms in total. The van der Waals surface area contributed by atoms with E-state index in [9.17, 15) is 18.0 Å². The fourth-order valence-electron chi connectivity index (χ4n) is 2.80. The van der Waals surface area contributed by atoms with Crippen molar-refractivity contribution in [3.63, 3.8) is 0 Å². The number of hydrogen-bond donors (Lipinski definition) is 1. The number of carbonyl (C=O) groups excluding carboxylic acids is 1. The number of carbonyl (C=O) groups is 1. The van der Waals surface area contributed by atoms with Crippen molar-refractivity contribution in [3.8, 4) is 5.75 Å². The van der Waals surface area contributed by atoms with Crippen LogP contribution in [0.25, 0.3) is 0 Å². The Morgan fingerprint density at radius 2 is 1.62 bits per heavy atom. The number of nitrogens with zero attached hydrogens (tertiary/aromatic N) is 1. The van der Waals surface area contributed by atoms with Crippen LogP contribution in [-0.4, -0.2) is 37.5 Å². The molecule has 0 bridgehead atoms. The molecule has 8 heteroatoms. The molecule has 0 heterocycles. The zero-order chi connectivity index (χ0) is 18.7. The largest absolute Gasteiger partial charge is 0.573 e. The van der Waals surface area contributed by atoms with E-state index in [0.717, 1.165) is 0 Å². The predicted octanol–water partition coefficient (Wildman–Crippen LogP) is 3.70. The summed E-state index contributed by atoms with van der Waals surface area (Å²) < 4.78 is 45.9. The number of benzene rings is 1. The second-order valence-electron chi connectivity index (χ2n) is 6.75. The van der Waals surface area contributed by atoms with E-state index >= 15 is 0 Å². The maximum Gasteiger partial charge on any atom is 0.573 e. The summed E-state index contributed by atoms with van der Waals surface area (Å²) in [5, 5.41) is 0. The van der Waals surface area contributed by atoms with Crippen LogP contribution in [0.4, 0.5) is 18.0 Å². The third kappa shape index (κ3) is 5.92. The first kappa shape index (κ1) is 20.1. The Hall–Kier alpha value is -1.96. The lowest BCUT2D eigenvalue weighted by Crippen LogP contribution is -2.45. The van der Waals surface area contributed by atoms with Crippen LogP contribution in [0, 0.1) is 5.41 Å². The number of primary amides is 1. The van der Waals surface area contributed by atoms with Gasteiger partial charge in [-0.25, -0.2) is 4.79 Å². The van der Waals surface area contributed by atoms with Gasteiger partial charge in [-0.15, -0.1) is 13.2 Å². The molecule has 0 saturated heterocycles. The van der Waals surface area contributed by atoms with E-state index in [1.54, 1.807) is 0 Å². The van der Waals surface area contributed by atoms with E-state index in [-0.39, 0.29) is 17.2 Å². The summed E-state index contributed by atoms with van der Waals surface area (Å²) in [7, 11) is 3.66. The van der Waals surface area contributed by atoms with Gasteiger partial charge in [0.25, 0.3) is 0 Å². The second kappa shape index (κ2) is 7.29. The standard InChI is InChI=1S/C16H23F3N2O3/c1-15(2,3)13(21(4)5)12(23-14(20)22)10-6-8-11(9-7-10)24-16(17,18)19/h6-9,12-13H,1-5H3,(H2,20,22). The normalized spacial score (nSPS) is 15.0. The molecule has 0 aliphatic rings. The summed E-state index contributed by atoms with van der Waals surface area (Å²) in [6.45, 7) is 5.91. The van der Waals surface area contributed by atoms with Crippen LogP contribution in [0.2, 0.25) is 0 Å².